The summed E-state index contributed by atoms with van der Waals surface area (Å²) in [4.78, 5) is 29.7. The first-order chi connectivity index (χ1) is 13.9. The molecule has 3 aromatic rings. The van der Waals surface area contributed by atoms with Crippen molar-refractivity contribution in [1.82, 2.24) is 19.6 Å². The van der Waals surface area contributed by atoms with Gasteiger partial charge >= 0.3 is 5.63 Å². The van der Waals surface area contributed by atoms with Gasteiger partial charge in [0.25, 0.3) is 5.91 Å². The number of morpholine rings is 1. The summed E-state index contributed by atoms with van der Waals surface area (Å²) in [6.07, 6.45) is 3.38. The first kappa shape index (κ1) is 19.4. The molecule has 4 rings (SSSR count). The van der Waals surface area contributed by atoms with Crippen LogP contribution in [0.5, 0.6) is 0 Å². The van der Waals surface area contributed by atoms with E-state index in [1.54, 1.807) is 34.0 Å². The molecule has 0 spiro atoms. The van der Waals surface area contributed by atoms with Gasteiger partial charge < -0.3 is 19.0 Å². The second-order valence-electron chi connectivity index (χ2n) is 7.55. The second kappa shape index (κ2) is 7.81. The number of rotatable bonds is 4. The van der Waals surface area contributed by atoms with E-state index < -0.39 is 5.63 Å². The van der Waals surface area contributed by atoms with Gasteiger partial charge in [-0.25, -0.2) is 4.79 Å². The lowest BCUT2D eigenvalue weighted by molar-refractivity contribution is -0.0685. The van der Waals surface area contributed by atoms with Crippen LogP contribution < -0.4 is 5.63 Å². The zero-order valence-corrected chi connectivity index (χ0v) is 16.7. The number of likely N-dealkylation sites (N-methyl/N-ethyl adjacent to an activating group) is 1. The Hall–Kier alpha value is -2.97. The quantitative estimate of drug-likeness (QED) is 0.624. The summed E-state index contributed by atoms with van der Waals surface area (Å²) in [5.41, 5.74) is 0.736. The summed E-state index contributed by atoms with van der Waals surface area (Å²) >= 11 is 0. The molecule has 1 aliphatic heterocycles. The molecule has 8 nitrogen and oxygen atoms in total. The second-order valence-corrected chi connectivity index (χ2v) is 7.55. The molecular formula is C21H24N4O4. The van der Waals surface area contributed by atoms with Crippen LogP contribution in [0, 0.1) is 0 Å². The summed E-state index contributed by atoms with van der Waals surface area (Å²) in [7, 11) is 5.75. The molecule has 0 unspecified atom stereocenters. The first-order valence-corrected chi connectivity index (χ1v) is 9.53. The van der Waals surface area contributed by atoms with Crippen LogP contribution in [0.4, 0.5) is 0 Å². The van der Waals surface area contributed by atoms with Crippen molar-refractivity contribution in [3.05, 3.63) is 64.3 Å². The fraction of sp³-hybridized carbons (Fsp3) is 0.381. The predicted octanol–water partition coefficient (Wildman–Crippen LogP) is 1.67. The lowest BCUT2D eigenvalue weighted by atomic mass is 9.99. The van der Waals surface area contributed by atoms with Crippen LogP contribution >= 0.6 is 0 Å². The highest BCUT2D eigenvalue weighted by molar-refractivity contribution is 5.97. The predicted molar refractivity (Wildman–Crippen MR) is 108 cm³/mol. The molecular weight excluding hydrogens is 372 g/mol. The average Bonchev–Trinajstić information content (AvgIpc) is 3.12. The van der Waals surface area contributed by atoms with E-state index in [1.807, 2.05) is 44.4 Å². The molecule has 8 heteroatoms. The number of aryl methyl sites for hydroxylation is 1. The molecule has 2 atom stereocenters. The van der Waals surface area contributed by atoms with Crippen molar-refractivity contribution < 1.29 is 13.9 Å². The third-order valence-electron chi connectivity index (χ3n) is 5.10. The van der Waals surface area contributed by atoms with Crippen molar-refractivity contribution >= 4 is 16.9 Å². The van der Waals surface area contributed by atoms with Gasteiger partial charge in [0.15, 0.2) is 0 Å². The summed E-state index contributed by atoms with van der Waals surface area (Å²) in [5, 5.41) is 4.97. The molecule has 29 heavy (non-hydrogen) atoms. The zero-order chi connectivity index (χ0) is 20.5. The maximum atomic E-state index is 13.5. The van der Waals surface area contributed by atoms with E-state index in [0.717, 1.165) is 5.56 Å². The van der Waals surface area contributed by atoms with Crippen LogP contribution in [0.3, 0.4) is 0 Å². The number of hydrogen-bond donors (Lipinski definition) is 0. The topological polar surface area (TPSA) is 80.8 Å². The number of carbonyl (C=O) groups is 1. The number of para-hydroxylation sites is 1. The minimum atomic E-state index is -0.630. The first-order valence-electron chi connectivity index (χ1n) is 9.53. The Bertz CT molecular complexity index is 1090. The number of ether oxygens (including phenoxy) is 1. The number of fused-ring (bicyclic) bond motifs is 1. The average molecular weight is 396 g/mol. The van der Waals surface area contributed by atoms with Gasteiger partial charge in [-0.3, -0.25) is 9.48 Å². The maximum absolute atomic E-state index is 13.5. The van der Waals surface area contributed by atoms with Crippen molar-refractivity contribution in [2.24, 2.45) is 7.05 Å². The van der Waals surface area contributed by atoms with E-state index in [1.165, 1.54) is 0 Å². The standard InChI is InChI=1S/C21H24N4O4/c1-23(2)13-18-19(15-11-22-24(3)12-15)25(8-9-28-18)20(26)16-10-14-6-4-5-7-17(14)29-21(16)27/h4-7,10-12,18-19H,8-9,13H2,1-3H3/t18-,19-/m0/s1. The van der Waals surface area contributed by atoms with E-state index in [4.69, 9.17) is 9.15 Å². The van der Waals surface area contributed by atoms with E-state index in [0.29, 0.717) is 30.7 Å². The summed E-state index contributed by atoms with van der Waals surface area (Å²) in [5.74, 6) is -0.356. The summed E-state index contributed by atoms with van der Waals surface area (Å²) < 4.78 is 13.1. The van der Waals surface area contributed by atoms with Crippen LogP contribution in [0.1, 0.15) is 22.0 Å². The molecule has 0 bridgehead atoms. The van der Waals surface area contributed by atoms with Gasteiger partial charge in [-0.15, -0.1) is 0 Å². The highest BCUT2D eigenvalue weighted by Crippen LogP contribution is 2.31. The number of benzene rings is 1. The molecule has 0 saturated carbocycles. The Morgan fingerprint density at radius 2 is 2.10 bits per heavy atom. The monoisotopic (exact) mass is 396 g/mol. The maximum Gasteiger partial charge on any atom is 0.349 e. The molecule has 1 saturated heterocycles. The SMILES string of the molecule is CN(C)C[C@@H]1OCCN(C(=O)c2cc3ccccc3oc2=O)[C@H]1c1cnn(C)c1. The van der Waals surface area contributed by atoms with Crippen molar-refractivity contribution in [1.29, 1.82) is 0 Å². The van der Waals surface area contributed by atoms with Gasteiger partial charge in [0.05, 0.1) is 24.9 Å². The smallest absolute Gasteiger partial charge is 0.349 e. The zero-order valence-electron chi connectivity index (χ0n) is 16.7. The van der Waals surface area contributed by atoms with E-state index >= 15 is 0 Å². The number of aromatic nitrogens is 2. The van der Waals surface area contributed by atoms with Crippen LogP contribution in [0.2, 0.25) is 0 Å². The highest BCUT2D eigenvalue weighted by atomic mass is 16.5. The largest absolute Gasteiger partial charge is 0.422 e. The van der Waals surface area contributed by atoms with Crippen molar-refractivity contribution in [2.75, 3.05) is 33.8 Å². The van der Waals surface area contributed by atoms with Gasteiger partial charge in [0, 0.05) is 37.3 Å². The normalized spacial score (nSPS) is 19.8. The molecule has 0 aliphatic carbocycles. The van der Waals surface area contributed by atoms with Gasteiger partial charge in [-0.2, -0.15) is 5.10 Å². The lowest BCUT2D eigenvalue weighted by Gasteiger charge is -2.41. The summed E-state index contributed by atoms with van der Waals surface area (Å²) in [6.45, 7) is 1.42. The Labute approximate surface area is 168 Å². The Morgan fingerprint density at radius 1 is 1.31 bits per heavy atom. The van der Waals surface area contributed by atoms with Crippen molar-refractivity contribution in [2.45, 2.75) is 12.1 Å². The molecule has 3 heterocycles. The lowest BCUT2D eigenvalue weighted by Crippen LogP contribution is -2.51. The van der Waals surface area contributed by atoms with Crippen molar-refractivity contribution in [3.8, 4) is 0 Å². The van der Waals surface area contributed by atoms with Crippen LogP contribution in [-0.2, 0) is 11.8 Å². The van der Waals surface area contributed by atoms with Gasteiger partial charge in [0.1, 0.15) is 11.1 Å². The molecule has 0 radical (unpaired) electrons. The fourth-order valence-corrected chi connectivity index (χ4v) is 3.83. The number of nitrogens with zero attached hydrogens (tertiary/aromatic N) is 4. The van der Waals surface area contributed by atoms with Crippen molar-refractivity contribution in [3.63, 3.8) is 0 Å². The number of carbonyl (C=O) groups excluding carboxylic acids is 1. The third-order valence-corrected chi connectivity index (χ3v) is 5.10. The van der Waals surface area contributed by atoms with Gasteiger partial charge in [0.2, 0.25) is 0 Å². The fourth-order valence-electron chi connectivity index (χ4n) is 3.83. The highest BCUT2D eigenvalue weighted by Gasteiger charge is 2.38. The Kier molecular flexibility index (Phi) is 5.21. The van der Waals surface area contributed by atoms with Gasteiger partial charge in [-0.05, 0) is 26.2 Å². The molecule has 1 aliphatic rings. The molecule has 2 aromatic heterocycles. The van der Waals surface area contributed by atoms with Gasteiger partial charge in [-0.1, -0.05) is 18.2 Å². The minimum Gasteiger partial charge on any atom is -0.422 e. The van der Waals surface area contributed by atoms with E-state index in [-0.39, 0.29) is 23.6 Å². The van der Waals surface area contributed by atoms with Crippen LogP contribution in [0.25, 0.3) is 11.0 Å². The third kappa shape index (κ3) is 3.81. The molecule has 1 amide bonds. The molecule has 152 valence electrons. The van der Waals surface area contributed by atoms with E-state index in [2.05, 4.69) is 5.10 Å². The Balaban J connectivity index is 1.75. The van der Waals surface area contributed by atoms with E-state index in [9.17, 15) is 9.59 Å². The molecule has 1 fully saturated rings. The number of amides is 1. The molecule has 0 N–H and O–H groups in total. The summed E-state index contributed by atoms with van der Waals surface area (Å²) in [6, 6.07) is 8.43. The number of hydrogen-bond acceptors (Lipinski definition) is 6. The van der Waals surface area contributed by atoms with Crippen LogP contribution in [0.15, 0.2) is 51.9 Å². The minimum absolute atomic E-state index is 0.0306. The Morgan fingerprint density at radius 3 is 2.83 bits per heavy atom. The van der Waals surface area contributed by atoms with Crippen LogP contribution in [-0.4, -0.2) is 65.4 Å². The molecule has 1 aromatic carbocycles.